The molecule has 5 nitrogen and oxygen atoms in total. The molecule has 24 heavy (non-hydrogen) atoms. The average molecular weight is 338 g/mol. The number of piperidine rings is 2. The molecule has 1 aliphatic carbocycles. The van der Waals surface area contributed by atoms with Crippen LogP contribution in [-0.4, -0.2) is 70.9 Å². The summed E-state index contributed by atoms with van der Waals surface area (Å²) in [5.41, 5.74) is -1.20. The number of aliphatic hydroxyl groups excluding tert-OH is 1. The Kier molecular flexibility index (Phi) is 6.17. The number of hydrogen-bond acceptors (Lipinski definition) is 4. The molecule has 3 aliphatic rings. The van der Waals surface area contributed by atoms with Gasteiger partial charge in [0.25, 0.3) is 5.91 Å². The van der Waals surface area contributed by atoms with Crippen LogP contribution in [0.1, 0.15) is 57.8 Å². The molecular weight excluding hydrogens is 304 g/mol. The molecule has 0 bridgehead atoms. The van der Waals surface area contributed by atoms with E-state index < -0.39 is 5.60 Å². The van der Waals surface area contributed by atoms with Crippen molar-refractivity contribution in [2.45, 2.75) is 63.4 Å². The van der Waals surface area contributed by atoms with Gasteiger partial charge in [0.15, 0.2) is 5.60 Å². The third-order valence-corrected chi connectivity index (χ3v) is 6.36. The van der Waals surface area contributed by atoms with E-state index in [4.69, 9.17) is 0 Å². The molecule has 0 aromatic heterocycles. The first-order valence-corrected chi connectivity index (χ1v) is 9.96. The number of likely N-dealkylation sites (tertiary alicyclic amines) is 2. The Morgan fingerprint density at radius 1 is 0.958 bits per heavy atom. The van der Waals surface area contributed by atoms with Crippen molar-refractivity contribution < 1.29 is 15.0 Å². The Balaban J connectivity index is 1.54. The van der Waals surface area contributed by atoms with Crippen molar-refractivity contribution >= 4 is 5.91 Å². The van der Waals surface area contributed by atoms with E-state index in [9.17, 15) is 15.0 Å². The normalized spacial score (nSPS) is 31.6. The fraction of sp³-hybridized carbons (Fsp3) is 0.947. The Bertz CT molecular complexity index is 417. The minimum Gasteiger partial charge on any atom is -0.396 e. The molecule has 138 valence electrons. The van der Waals surface area contributed by atoms with Crippen LogP contribution in [0.15, 0.2) is 0 Å². The second-order valence-electron chi connectivity index (χ2n) is 8.29. The Morgan fingerprint density at radius 2 is 1.67 bits per heavy atom. The molecular formula is C19H34N2O3. The maximum atomic E-state index is 12.9. The van der Waals surface area contributed by atoms with Gasteiger partial charge in [0, 0.05) is 26.2 Å². The summed E-state index contributed by atoms with van der Waals surface area (Å²) >= 11 is 0. The first kappa shape index (κ1) is 18.2. The predicted octanol–water partition coefficient (Wildman–Crippen LogP) is 1.62. The zero-order valence-electron chi connectivity index (χ0n) is 15.0. The topological polar surface area (TPSA) is 64.0 Å². The number of nitrogens with zero attached hydrogens (tertiary/aromatic N) is 2. The molecule has 0 aromatic rings. The molecule has 1 unspecified atom stereocenters. The number of rotatable bonds is 5. The van der Waals surface area contributed by atoms with Crippen molar-refractivity contribution in [2.24, 2.45) is 11.8 Å². The summed E-state index contributed by atoms with van der Waals surface area (Å²) in [5.74, 6) is 0.981. The molecule has 2 heterocycles. The van der Waals surface area contributed by atoms with E-state index in [-0.39, 0.29) is 12.5 Å². The van der Waals surface area contributed by atoms with Crippen molar-refractivity contribution in [3.05, 3.63) is 0 Å². The van der Waals surface area contributed by atoms with E-state index in [1.54, 1.807) is 0 Å². The number of carbonyl (C=O) groups excluding carboxylic acids is 1. The highest BCUT2D eigenvalue weighted by atomic mass is 16.3. The van der Waals surface area contributed by atoms with Crippen LogP contribution in [-0.2, 0) is 4.79 Å². The lowest BCUT2D eigenvalue weighted by Gasteiger charge is -2.43. The van der Waals surface area contributed by atoms with Crippen LogP contribution < -0.4 is 0 Å². The zero-order valence-corrected chi connectivity index (χ0v) is 15.0. The Labute approximate surface area is 146 Å². The van der Waals surface area contributed by atoms with E-state index >= 15 is 0 Å². The van der Waals surface area contributed by atoms with Crippen LogP contribution in [0.3, 0.4) is 0 Å². The van der Waals surface area contributed by atoms with E-state index in [0.29, 0.717) is 24.8 Å². The molecule has 0 spiro atoms. The minimum atomic E-state index is -1.20. The van der Waals surface area contributed by atoms with Crippen LogP contribution in [0.2, 0.25) is 0 Å². The third kappa shape index (κ3) is 4.30. The number of β-amino-alcohol motifs (C(OH)–C–C–N with tert-alkyl or cyclic N) is 1. The van der Waals surface area contributed by atoms with Crippen LogP contribution >= 0.6 is 0 Å². The minimum absolute atomic E-state index is 0.0383. The fourth-order valence-corrected chi connectivity index (χ4v) is 4.76. The van der Waals surface area contributed by atoms with Gasteiger partial charge in [0.05, 0.1) is 0 Å². The predicted molar refractivity (Wildman–Crippen MR) is 93.6 cm³/mol. The van der Waals surface area contributed by atoms with Crippen molar-refractivity contribution in [3.8, 4) is 0 Å². The molecule has 1 saturated carbocycles. The van der Waals surface area contributed by atoms with Gasteiger partial charge in [-0.2, -0.15) is 0 Å². The van der Waals surface area contributed by atoms with Gasteiger partial charge in [-0.25, -0.2) is 0 Å². The lowest BCUT2D eigenvalue weighted by Crippen LogP contribution is -2.60. The van der Waals surface area contributed by atoms with Gasteiger partial charge >= 0.3 is 0 Å². The molecule has 2 saturated heterocycles. The molecule has 1 amide bonds. The summed E-state index contributed by atoms with van der Waals surface area (Å²) in [5, 5.41) is 20.3. The number of carbonyl (C=O) groups is 1. The maximum absolute atomic E-state index is 12.9. The first-order valence-electron chi connectivity index (χ1n) is 9.96. The molecule has 0 radical (unpaired) electrons. The van der Waals surface area contributed by atoms with Gasteiger partial charge in [-0.1, -0.05) is 19.3 Å². The molecule has 2 aliphatic heterocycles. The standard InChI is InChI=1S/C19H34N2O3/c22-14-17-7-11-20(12-8-17)15-19(24)9-4-10-21(18(19)23)13-16-5-2-1-3-6-16/h16-17,22,24H,1-15H2. The third-order valence-electron chi connectivity index (χ3n) is 6.36. The lowest BCUT2D eigenvalue weighted by atomic mass is 9.86. The van der Waals surface area contributed by atoms with Gasteiger partial charge in [-0.15, -0.1) is 0 Å². The molecule has 0 aromatic carbocycles. The fourth-order valence-electron chi connectivity index (χ4n) is 4.76. The number of aliphatic hydroxyl groups is 2. The summed E-state index contributed by atoms with van der Waals surface area (Å²) in [6.07, 6.45) is 9.80. The molecule has 1 atom stereocenters. The summed E-state index contributed by atoms with van der Waals surface area (Å²) in [6.45, 7) is 4.13. The summed E-state index contributed by atoms with van der Waals surface area (Å²) in [7, 11) is 0. The molecule has 3 rings (SSSR count). The van der Waals surface area contributed by atoms with Crippen LogP contribution in [0.25, 0.3) is 0 Å². The smallest absolute Gasteiger partial charge is 0.255 e. The molecule has 3 fully saturated rings. The van der Waals surface area contributed by atoms with Crippen molar-refractivity contribution in [1.29, 1.82) is 0 Å². The van der Waals surface area contributed by atoms with Gasteiger partial charge in [-0.3, -0.25) is 9.69 Å². The lowest BCUT2D eigenvalue weighted by molar-refractivity contribution is -0.161. The number of amides is 1. The van der Waals surface area contributed by atoms with Crippen LogP contribution in [0.5, 0.6) is 0 Å². The Morgan fingerprint density at radius 3 is 2.33 bits per heavy atom. The quantitative estimate of drug-likeness (QED) is 0.800. The highest BCUT2D eigenvalue weighted by Crippen LogP contribution is 2.30. The van der Waals surface area contributed by atoms with Gasteiger partial charge in [0.1, 0.15) is 0 Å². The van der Waals surface area contributed by atoms with Gasteiger partial charge in [0.2, 0.25) is 0 Å². The largest absolute Gasteiger partial charge is 0.396 e. The molecule has 5 heteroatoms. The highest BCUT2D eigenvalue weighted by molar-refractivity contribution is 5.86. The van der Waals surface area contributed by atoms with Crippen molar-refractivity contribution in [1.82, 2.24) is 9.80 Å². The zero-order chi connectivity index (χ0) is 17.0. The van der Waals surface area contributed by atoms with Crippen molar-refractivity contribution in [2.75, 3.05) is 39.3 Å². The van der Waals surface area contributed by atoms with Gasteiger partial charge in [-0.05, 0) is 63.5 Å². The second-order valence-corrected chi connectivity index (χ2v) is 8.29. The number of hydrogen-bond donors (Lipinski definition) is 2. The maximum Gasteiger partial charge on any atom is 0.255 e. The van der Waals surface area contributed by atoms with E-state index in [2.05, 4.69) is 4.90 Å². The summed E-state index contributed by atoms with van der Waals surface area (Å²) < 4.78 is 0. The summed E-state index contributed by atoms with van der Waals surface area (Å²) in [6, 6.07) is 0. The first-order chi connectivity index (χ1) is 11.6. The van der Waals surface area contributed by atoms with E-state index in [1.807, 2.05) is 4.90 Å². The average Bonchev–Trinajstić information content (AvgIpc) is 2.61. The monoisotopic (exact) mass is 338 g/mol. The Hall–Kier alpha value is -0.650. The van der Waals surface area contributed by atoms with E-state index in [0.717, 1.165) is 45.4 Å². The van der Waals surface area contributed by atoms with Crippen LogP contribution in [0.4, 0.5) is 0 Å². The second kappa shape index (κ2) is 8.15. The van der Waals surface area contributed by atoms with Crippen LogP contribution in [0, 0.1) is 11.8 Å². The van der Waals surface area contributed by atoms with Gasteiger partial charge < -0.3 is 15.1 Å². The SMILES string of the molecule is O=C1N(CC2CCCCC2)CCCC1(O)CN1CCC(CO)CC1. The molecule has 2 N–H and O–H groups in total. The summed E-state index contributed by atoms with van der Waals surface area (Å²) in [4.78, 5) is 17.1. The highest BCUT2D eigenvalue weighted by Gasteiger charge is 2.44. The van der Waals surface area contributed by atoms with E-state index in [1.165, 1.54) is 32.1 Å². The van der Waals surface area contributed by atoms with Crippen molar-refractivity contribution in [3.63, 3.8) is 0 Å².